The molecule has 0 bridgehead atoms. The van der Waals surface area contributed by atoms with Crippen LogP contribution in [0, 0.1) is 12.7 Å². The number of methoxy groups -OCH3 is 1. The predicted molar refractivity (Wildman–Crippen MR) is 89.6 cm³/mol. The number of aliphatic hydroxyl groups excluding tert-OH is 1. The number of nitrogens with zero attached hydrogens (tertiary/aromatic N) is 1. The number of aryl methyl sites for hydroxylation is 1. The van der Waals surface area contributed by atoms with Crippen LogP contribution in [0.1, 0.15) is 17.4 Å². The van der Waals surface area contributed by atoms with Gasteiger partial charge < -0.3 is 9.84 Å². The molecule has 0 aliphatic carbocycles. The van der Waals surface area contributed by atoms with E-state index in [1.807, 2.05) is 25.1 Å². The maximum atomic E-state index is 14.3. The second-order valence-corrected chi connectivity index (χ2v) is 6.17. The summed E-state index contributed by atoms with van der Waals surface area (Å²) in [5.41, 5.74) is 5.23. The number of aromatic nitrogens is 1. The van der Waals surface area contributed by atoms with Gasteiger partial charge in [-0.2, -0.15) is 0 Å². The molecule has 0 radical (unpaired) electrons. The first-order chi connectivity index (χ1) is 11.1. The smallest absolute Gasteiger partial charge is 0.180 e. The summed E-state index contributed by atoms with van der Waals surface area (Å²) >= 11 is 1.49. The number of ether oxygens (including phenoxy) is 1. The maximum absolute atomic E-state index is 14.3. The van der Waals surface area contributed by atoms with Gasteiger partial charge in [-0.1, -0.05) is 12.1 Å². The Labute approximate surface area is 138 Å². The van der Waals surface area contributed by atoms with Crippen molar-refractivity contribution in [1.82, 2.24) is 4.98 Å². The highest BCUT2D eigenvalue weighted by atomic mass is 32.1. The van der Waals surface area contributed by atoms with Crippen molar-refractivity contribution in [2.75, 3.05) is 7.11 Å². The zero-order chi connectivity index (χ0) is 16.4. The number of halogens is 1. The second-order valence-electron chi connectivity index (χ2n) is 5.28. The summed E-state index contributed by atoms with van der Waals surface area (Å²) in [5.74, 6) is -0.288. The van der Waals surface area contributed by atoms with Gasteiger partial charge in [0.15, 0.2) is 6.29 Å². The first-order valence-electron chi connectivity index (χ1n) is 7.09. The highest BCUT2D eigenvalue weighted by molar-refractivity contribution is 7.13. The second kappa shape index (κ2) is 6.58. The van der Waals surface area contributed by atoms with Crippen LogP contribution < -0.4 is 0 Å². The fourth-order valence-electron chi connectivity index (χ4n) is 2.44. The lowest BCUT2D eigenvalue weighted by atomic mass is 9.98. The van der Waals surface area contributed by atoms with Gasteiger partial charge >= 0.3 is 0 Å². The normalized spacial score (nSPS) is 12.3. The molecule has 1 atom stereocenters. The minimum Gasteiger partial charge on any atom is -0.364 e. The minimum absolute atomic E-state index is 0.288. The van der Waals surface area contributed by atoms with Crippen LogP contribution >= 0.6 is 11.3 Å². The molecule has 3 rings (SSSR count). The lowest BCUT2D eigenvalue weighted by Crippen LogP contribution is -2.00. The fourth-order valence-corrected chi connectivity index (χ4v) is 3.05. The van der Waals surface area contributed by atoms with Crippen LogP contribution in [0.5, 0.6) is 0 Å². The Morgan fingerprint density at radius 1 is 1.17 bits per heavy atom. The van der Waals surface area contributed by atoms with Gasteiger partial charge in [-0.15, -0.1) is 11.3 Å². The van der Waals surface area contributed by atoms with Crippen molar-refractivity contribution in [3.8, 4) is 21.6 Å². The number of aliphatic hydroxyl groups is 1. The Balaban J connectivity index is 2.17. The maximum Gasteiger partial charge on any atom is 0.180 e. The number of hydrogen-bond acceptors (Lipinski definition) is 4. The third-order valence-electron chi connectivity index (χ3n) is 3.62. The van der Waals surface area contributed by atoms with Gasteiger partial charge in [0.05, 0.1) is 10.4 Å². The van der Waals surface area contributed by atoms with Crippen molar-refractivity contribution in [3.63, 3.8) is 0 Å². The molecule has 1 heterocycles. The Kier molecular flexibility index (Phi) is 4.52. The molecule has 1 unspecified atom stereocenters. The molecule has 0 aliphatic heterocycles. The molecule has 23 heavy (non-hydrogen) atoms. The molecule has 0 amide bonds. The Bertz CT molecular complexity index is 818. The molecule has 0 aliphatic rings. The van der Waals surface area contributed by atoms with E-state index in [4.69, 9.17) is 4.74 Å². The average Bonchev–Trinajstić information content (AvgIpc) is 3.08. The van der Waals surface area contributed by atoms with Gasteiger partial charge in [0.25, 0.3) is 0 Å². The number of thiazole rings is 1. The molecule has 0 saturated carbocycles. The van der Waals surface area contributed by atoms with Gasteiger partial charge in [-0.05, 0) is 47.9 Å². The van der Waals surface area contributed by atoms with E-state index in [0.29, 0.717) is 16.7 Å². The molecular weight excluding hydrogens is 313 g/mol. The van der Waals surface area contributed by atoms with Crippen molar-refractivity contribution >= 4 is 11.3 Å². The summed E-state index contributed by atoms with van der Waals surface area (Å²) in [4.78, 5) is 5.02. The lowest BCUT2D eigenvalue weighted by Gasteiger charge is -2.14. The van der Waals surface area contributed by atoms with Gasteiger partial charge in [-0.25, -0.2) is 4.39 Å². The van der Waals surface area contributed by atoms with E-state index in [2.05, 4.69) is 4.98 Å². The molecule has 0 spiro atoms. The number of hydrogen-bond donors (Lipinski definition) is 1. The lowest BCUT2D eigenvalue weighted by molar-refractivity contribution is -0.0768. The van der Waals surface area contributed by atoms with Crippen molar-refractivity contribution in [2.45, 2.75) is 13.2 Å². The Morgan fingerprint density at radius 2 is 1.96 bits per heavy atom. The summed E-state index contributed by atoms with van der Waals surface area (Å²) in [7, 11) is 1.43. The molecular formula is C18H16FNO2S. The van der Waals surface area contributed by atoms with Gasteiger partial charge in [0.1, 0.15) is 5.82 Å². The van der Waals surface area contributed by atoms with Gasteiger partial charge in [0, 0.05) is 24.4 Å². The van der Waals surface area contributed by atoms with Crippen LogP contribution in [0.2, 0.25) is 0 Å². The number of benzene rings is 2. The Hall–Kier alpha value is -2.08. The molecule has 3 aromatic rings. The van der Waals surface area contributed by atoms with Crippen molar-refractivity contribution < 1.29 is 14.2 Å². The SMILES string of the molecule is COC(O)c1cc(-c2cncs2)cc(-c2ccc(C)cc2F)c1. The highest BCUT2D eigenvalue weighted by Crippen LogP contribution is 2.33. The van der Waals surface area contributed by atoms with Crippen LogP contribution in [0.25, 0.3) is 21.6 Å². The van der Waals surface area contributed by atoms with E-state index >= 15 is 0 Å². The van der Waals surface area contributed by atoms with E-state index in [9.17, 15) is 9.50 Å². The summed E-state index contributed by atoms with van der Waals surface area (Å²) < 4.78 is 19.3. The molecule has 2 aromatic carbocycles. The third-order valence-corrected chi connectivity index (χ3v) is 4.44. The van der Waals surface area contributed by atoms with Crippen LogP contribution in [-0.2, 0) is 4.74 Å². The zero-order valence-electron chi connectivity index (χ0n) is 12.8. The van der Waals surface area contributed by atoms with Crippen molar-refractivity contribution in [3.05, 3.63) is 65.0 Å². The fraction of sp³-hybridized carbons (Fsp3) is 0.167. The van der Waals surface area contributed by atoms with Crippen molar-refractivity contribution in [2.24, 2.45) is 0 Å². The molecule has 1 N–H and O–H groups in total. The van der Waals surface area contributed by atoms with Crippen LogP contribution in [0.15, 0.2) is 48.1 Å². The topological polar surface area (TPSA) is 42.4 Å². The van der Waals surface area contributed by atoms with Crippen LogP contribution in [0.3, 0.4) is 0 Å². The van der Waals surface area contributed by atoms with E-state index in [0.717, 1.165) is 16.0 Å². The average molecular weight is 329 g/mol. The standard InChI is InChI=1S/C18H16FNO2S/c1-11-3-4-15(16(19)5-11)12-6-13(17-9-20-10-23-17)8-14(7-12)18(21)22-2/h3-10,18,21H,1-2H3. The zero-order valence-corrected chi connectivity index (χ0v) is 13.6. The van der Waals surface area contributed by atoms with E-state index in [1.165, 1.54) is 24.5 Å². The van der Waals surface area contributed by atoms with E-state index in [-0.39, 0.29) is 5.82 Å². The van der Waals surface area contributed by atoms with Crippen LogP contribution in [0.4, 0.5) is 4.39 Å². The molecule has 3 nitrogen and oxygen atoms in total. The minimum atomic E-state index is -1.06. The van der Waals surface area contributed by atoms with Gasteiger partial charge in [-0.3, -0.25) is 4.98 Å². The van der Waals surface area contributed by atoms with Crippen molar-refractivity contribution in [1.29, 1.82) is 0 Å². The highest BCUT2D eigenvalue weighted by Gasteiger charge is 2.14. The molecule has 118 valence electrons. The summed E-state index contributed by atoms with van der Waals surface area (Å²) in [6.07, 6.45) is 0.688. The monoisotopic (exact) mass is 329 g/mol. The summed E-state index contributed by atoms with van der Waals surface area (Å²) in [5, 5.41) is 10.0. The quantitative estimate of drug-likeness (QED) is 0.713. The van der Waals surface area contributed by atoms with E-state index < -0.39 is 6.29 Å². The first-order valence-corrected chi connectivity index (χ1v) is 7.97. The summed E-state index contributed by atoms with van der Waals surface area (Å²) in [6, 6.07) is 10.6. The summed E-state index contributed by atoms with van der Waals surface area (Å²) in [6.45, 7) is 1.85. The predicted octanol–water partition coefficient (Wildman–Crippen LogP) is 4.56. The van der Waals surface area contributed by atoms with Crippen LogP contribution in [-0.4, -0.2) is 17.2 Å². The molecule has 0 saturated heterocycles. The third kappa shape index (κ3) is 3.32. The molecule has 1 aromatic heterocycles. The first kappa shape index (κ1) is 15.8. The number of rotatable bonds is 4. The Morgan fingerprint density at radius 3 is 2.61 bits per heavy atom. The molecule has 0 fully saturated rings. The van der Waals surface area contributed by atoms with E-state index in [1.54, 1.807) is 23.8 Å². The van der Waals surface area contributed by atoms with Gasteiger partial charge in [0.2, 0.25) is 0 Å². The molecule has 5 heteroatoms. The largest absolute Gasteiger partial charge is 0.364 e.